The van der Waals surface area contributed by atoms with Crippen molar-refractivity contribution in [2.24, 2.45) is 11.3 Å². The summed E-state index contributed by atoms with van der Waals surface area (Å²) in [5.41, 5.74) is 2.30. The molecule has 0 bridgehead atoms. The molecule has 1 amide bonds. The summed E-state index contributed by atoms with van der Waals surface area (Å²) in [4.78, 5) is 15.2. The average Bonchev–Trinajstić information content (AvgIpc) is 2.53. The summed E-state index contributed by atoms with van der Waals surface area (Å²) in [7, 11) is 0. The predicted molar refractivity (Wildman–Crippen MR) is 94.5 cm³/mol. The summed E-state index contributed by atoms with van der Waals surface area (Å²) in [6, 6.07) is 8.82. The molecule has 130 valence electrons. The summed E-state index contributed by atoms with van der Waals surface area (Å²) in [6.45, 7) is 4.93. The number of aryl methyl sites for hydroxylation is 1. The van der Waals surface area contributed by atoms with Gasteiger partial charge in [0.15, 0.2) is 0 Å². The lowest BCUT2D eigenvalue weighted by Gasteiger charge is -2.61. The van der Waals surface area contributed by atoms with Gasteiger partial charge in [0, 0.05) is 17.9 Å². The van der Waals surface area contributed by atoms with E-state index < -0.39 is 5.60 Å². The maximum absolute atomic E-state index is 13.0. The highest BCUT2D eigenvalue weighted by Crippen LogP contribution is 2.58. The fourth-order valence-corrected chi connectivity index (χ4v) is 5.43. The molecule has 2 aliphatic carbocycles. The Balaban J connectivity index is 1.61. The van der Waals surface area contributed by atoms with E-state index in [1.165, 1.54) is 43.2 Å². The number of nitrogens with zero attached hydrogens (tertiary/aromatic N) is 1. The Labute approximate surface area is 145 Å². The number of benzene rings is 1. The molecule has 3 heteroatoms. The molecule has 2 saturated carbocycles. The van der Waals surface area contributed by atoms with Crippen LogP contribution in [0.3, 0.4) is 0 Å². The van der Waals surface area contributed by atoms with Gasteiger partial charge in [0.2, 0.25) is 5.91 Å². The van der Waals surface area contributed by atoms with Crippen LogP contribution in [0.1, 0.15) is 69.0 Å². The van der Waals surface area contributed by atoms with Gasteiger partial charge in [-0.05, 0) is 50.7 Å². The Hall–Kier alpha value is -1.35. The molecular weight excluding hydrogens is 298 g/mol. The van der Waals surface area contributed by atoms with Crippen LogP contribution in [0.4, 0.5) is 0 Å². The molecule has 0 aromatic heterocycles. The molecule has 4 rings (SSSR count). The van der Waals surface area contributed by atoms with Crippen molar-refractivity contribution in [3.05, 3.63) is 35.4 Å². The Morgan fingerprint density at radius 2 is 1.83 bits per heavy atom. The number of likely N-dealkylation sites (tertiary alicyclic amines) is 1. The Kier molecular flexibility index (Phi) is 3.76. The molecule has 0 radical (unpaired) electrons. The molecule has 1 aromatic carbocycles. The smallest absolute Gasteiger partial charge is 0.226 e. The Morgan fingerprint density at radius 3 is 2.46 bits per heavy atom. The van der Waals surface area contributed by atoms with Crippen LogP contribution >= 0.6 is 0 Å². The van der Waals surface area contributed by atoms with E-state index in [9.17, 15) is 9.90 Å². The molecule has 24 heavy (non-hydrogen) atoms. The van der Waals surface area contributed by atoms with Crippen molar-refractivity contribution in [3.63, 3.8) is 0 Å². The van der Waals surface area contributed by atoms with Crippen LogP contribution in [0.15, 0.2) is 24.3 Å². The standard InChI is InChI=1S/C21H29NO2/c1-15-8-4-5-9-17(15)18-21(10-6-3-7-11-21)14-22(18)19(23)16-12-20(2,24)13-16/h4-5,8-9,16,18,24H,3,6-7,10-14H2,1-2H3. The quantitative estimate of drug-likeness (QED) is 0.892. The van der Waals surface area contributed by atoms with Crippen molar-refractivity contribution < 1.29 is 9.90 Å². The summed E-state index contributed by atoms with van der Waals surface area (Å²) in [5, 5.41) is 10.0. The maximum Gasteiger partial charge on any atom is 0.226 e. The van der Waals surface area contributed by atoms with Crippen molar-refractivity contribution in [1.82, 2.24) is 4.90 Å². The topological polar surface area (TPSA) is 40.5 Å². The van der Waals surface area contributed by atoms with E-state index in [1.807, 2.05) is 6.92 Å². The lowest BCUT2D eigenvalue weighted by atomic mass is 9.59. The molecule has 1 N–H and O–H groups in total. The molecule has 3 fully saturated rings. The van der Waals surface area contributed by atoms with Crippen LogP contribution in [0, 0.1) is 18.3 Å². The largest absolute Gasteiger partial charge is 0.390 e. The summed E-state index contributed by atoms with van der Waals surface area (Å²) < 4.78 is 0. The number of hydrogen-bond donors (Lipinski definition) is 1. The van der Waals surface area contributed by atoms with Gasteiger partial charge in [-0.3, -0.25) is 4.79 Å². The Bertz CT molecular complexity index is 637. The third kappa shape index (κ3) is 2.48. The van der Waals surface area contributed by atoms with Crippen molar-refractivity contribution in [2.75, 3.05) is 6.54 Å². The molecule has 3 aliphatic rings. The summed E-state index contributed by atoms with van der Waals surface area (Å²) in [6.07, 6.45) is 7.66. The molecule has 1 aromatic rings. The van der Waals surface area contributed by atoms with Crippen LogP contribution in [0.5, 0.6) is 0 Å². The highest BCUT2D eigenvalue weighted by molar-refractivity contribution is 5.82. The number of aliphatic hydroxyl groups is 1. The molecule has 1 spiro atoms. The first kappa shape index (κ1) is 16.1. The lowest BCUT2D eigenvalue weighted by Crippen LogP contribution is -2.64. The minimum atomic E-state index is -0.633. The number of carbonyl (C=O) groups excluding carboxylic acids is 1. The van der Waals surface area contributed by atoms with Crippen molar-refractivity contribution in [3.8, 4) is 0 Å². The number of hydrogen-bond acceptors (Lipinski definition) is 2. The SMILES string of the molecule is Cc1ccccc1C1N(C(=O)C2CC(C)(O)C2)CC12CCCCC2. The molecule has 1 heterocycles. The van der Waals surface area contributed by atoms with E-state index >= 15 is 0 Å². The fourth-order valence-electron chi connectivity index (χ4n) is 5.43. The van der Waals surface area contributed by atoms with E-state index in [-0.39, 0.29) is 17.9 Å². The lowest BCUT2D eigenvalue weighted by molar-refractivity contribution is -0.177. The monoisotopic (exact) mass is 327 g/mol. The number of amides is 1. The van der Waals surface area contributed by atoms with Gasteiger partial charge in [-0.25, -0.2) is 0 Å². The van der Waals surface area contributed by atoms with Crippen LogP contribution < -0.4 is 0 Å². The van der Waals surface area contributed by atoms with Crippen LogP contribution in [0.2, 0.25) is 0 Å². The third-order valence-corrected chi connectivity index (χ3v) is 6.71. The van der Waals surface area contributed by atoms with E-state index in [4.69, 9.17) is 0 Å². The average molecular weight is 327 g/mol. The minimum absolute atomic E-state index is 0.0208. The highest BCUT2D eigenvalue weighted by Gasteiger charge is 2.57. The summed E-state index contributed by atoms with van der Waals surface area (Å²) in [5.74, 6) is 0.290. The first-order valence-corrected chi connectivity index (χ1v) is 9.50. The third-order valence-electron chi connectivity index (χ3n) is 6.71. The van der Waals surface area contributed by atoms with Gasteiger partial charge < -0.3 is 10.0 Å². The molecule has 1 unspecified atom stereocenters. The molecule has 1 atom stereocenters. The van der Waals surface area contributed by atoms with Gasteiger partial charge in [-0.1, -0.05) is 43.5 Å². The minimum Gasteiger partial charge on any atom is -0.390 e. The van der Waals surface area contributed by atoms with Crippen LogP contribution in [0.25, 0.3) is 0 Å². The number of carbonyl (C=O) groups is 1. The summed E-state index contributed by atoms with van der Waals surface area (Å²) >= 11 is 0. The van der Waals surface area contributed by atoms with Gasteiger partial charge in [0.25, 0.3) is 0 Å². The second-order valence-electron chi connectivity index (χ2n) is 8.75. The molecule has 1 saturated heterocycles. The van der Waals surface area contributed by atoms with E-state index in [0.29, 0.717) is 18.3 Å². The zero-order valence-corrected chi connectivity index (χ0v) is 14.9. The zero-order valence-electron chi connectivity index (χ0n) is 14.9. The maximum atomic E-state index is 13.0. The van der Waals surface area contributed by atoms with Crippen molar-refractivity contribution in [2.45, 2.75) is 70.4 Å². The number of rotatable bonds is 2. The first-order chi connectivity index (χ1) is 11.4. The van der Waals surface area contributed by atoms with Gasteiger partial charge >= 0.3 is 0 Å². The second-order valence-corrected chi connectivity index (χ2v) is 8.75. The van der Waals surface area contributed by atoms with Crippen LogP contribution in [-0.2, 0) is 4.79 Å². The van der Waals surface area contributed by atoms with Gasteiger partial charge in [0.1, 0.15) is 0 Å². The van der Waals surface area contributed by atoms with Gasteiger partial charge in [-0.15, -0.1) is 0 Å². The fraction of sp³-hybridized carbons (Fsp3) is 0.667. The normalized spacial score (nSPS) is 34.5. The molecule has 1 aliphatic heterocycles. The van der Waals surface area contributed by atoms with E-state index in [2.05, 4.69) is 36.1 Å². The van der Waals surface area contributed by atoms with Crippen LogP contribution in [-0.4, -0.2) is 28.1 Å². The van der Waals surface area contributed by atoms with Crippen molar-refractivity contribution >= 4 is 5.91 Å². The van der Waals surface area contributed by atoms with E-state index in [0.717, 1.165) is 6.54 Å². The second kappa shape index (κ2) is 5.59. The van der Waals surface area contributed by atoms with Gasteiger partial charge in [-0.2, -0.15) is 0 Å². The van der Waals surface area contributed by atoms with Crippen molar-refractivity contribution in [1.29, 1.82) is 0 Å². The first-order valence-electron chi connectivity index (χ1n) is 9.50. The van der Waals surface area contributed by atoms with Gasteiger partial charge in [0.05, 0.1) is 11.6 Å². The highest BCUT2D eigenvalue weighted by atomic mass is 16.3. The molecule has 3 nitrogen and oxygen atoms in total. The Morgan fingerprint density at radius 1 is 1.17 bits per heavy atom. The molecular formula is C21H29NO2. The zero-order chi connectivity index (χ0) is 16.9. The van der Waals surface area contributed by atoms with E-state index in [1.54, 1.807) is 0 Å². The predicted octanol–water partition coefficient (Wildman–Crippen LogP) is 3.99.